The predicted octanol–water partition coefficient (Wildman–Crippen LogP) is 4.75. The molecule has 1 fully saturated rings. The van der Waals surface area contributed by atoms with Gasteiger partial charge in [-0.15, -0.1) is 11.3 Å². The molecule has 0 amide bonds. The van der Waals surface area contributed by atoms with Crippen molar-refractivity contribution < 1.29 is 0 Å². The van der Waals surface area contributed by atoms with Gasteiger partial charge in [0.25, 0.3) is 0 Å². The topological polar surface area (TPSA) is 0 Å². The van der Waals surface area contributed by atoms with Crippen LogP contribution >= 0.6 is 23.1 Å². The fourth-order valence-electron chi connectivity index (χ4n) is 2.18. The summed E-state index contributed by atoms with van der Waals surface area (Å²) in [5.41, 5.74) is 0. The first-order chi connectivity index (χ1) is 7.45. The van der Waals surface area contributed by atoms with Gasteiger partial charge in [-0.25, -0.2) is 0 Å². The first kappa shape index (κ1) is 11.5. The molecule has 0 unspecified atom stereocenters. The monoisotopic (exact) mass is 240 g/mol. The second-order valence-electron chi connectivity index (χ2n) is 4.31. The smallest absolute Gasteiger partial charge is 0.00470 e. The summed E-state index contributed by atoms with van der Waals surface area (Å²) in [7, 11) is 0. The fraction of sp³-hybridized carbons (Fsp3) is 0.692. The van der Waals surface area contributed by atoms with Gasteiger partial charge in [0.05, 0.1) is 0 Å². The van der Waals surface area contributed by atoms with Gasteiger partial charge in [0, 0.05) is 10.1 Å². The van der Waals surface area contributed by atoms with E-state index < -0.39 is 0 Å². The van der Waals surface area contributed by atoms with Crippen molar-refractivity contribution in [3.05, 3.63) is 22.4 Å². The van der Waals surface area contributed by atoms with E-state index in [0.717, 1.165) is 5.25 Å². The van der Waals surface area contributed by atoms with Crippen molar-refractivity contribution in [3.63, 3.8) is 0 Å². The van der Waals surface area contributed by atoms with Crippen LogP contribution in [0.2, 0.25) is 0 Å². The van der Waals surface area contributed by atoms with Gasteiger partial charge < -0.3 is 0 Å². The van der Waals surface area contributed by atoms with Gasteiger partial charge in [-0.1, -0.05) is 25.3 Å². The van der Waals surface area contributed by atoms with Crippen LogP contribution in [0.5, 0.6) is 0 Å². The third-order valence-electron chi connectivity index (χ3n) is 3.05. The quantitative estimate of drug-likeness (QED) is 0.669. The van der Waals surface area contributed by atoms with Crippen LogP contribution in [0.4, 0.5) is 0 Å². The first-order valence-corrected chi connectivity index (χ1v) is 8.02. The third-order valence-corrected chi connectivity index (χ3v) is 5.46. The third kappa shape index (κ3) is 4.20. The van der Waals surface area contributed by atoms with Crippen LogP contribution in [0.3, 0.4) is 0 Å². The van der Waals surface area contributed by atoms with Crippen LogP contribution in [0, 0.1) is 0 Å². The van der Waals surface area contributed by atoms with Crippen molar-refractivity contribution in [1.82, 2.24) is 0 Å². The number of rotatable bonds is 5. The lowest BCUT2D eigenvalue weighted by atomic mass is 10.0. The summed E-state index contributed by atoms with van der Waals surface area (Å²) < 4.78 is 0. The minimum absolute atomic E-state index is 0.988. The van der Waals surface area contributed by atoms with Gasteiger partial charge in [-0.3, -0.25) is 0 Å². The normalized spacial score (nSPS) is 18.1. The van der Waals surface area contributed by atoms with E-state index in [4.69, 9.17) is 0 Å². The van der Waals surface area contributed by atoms with Crippen LogP contribution in [0.1, 0.15) is 43.4 Å². The molecule has 0 aromatic carbocycles. The van der Waals surface area contributed by atoms with Crippen LogP contribution in [0.25, 0.3) is 0 Å². The molecule has 0 atom stereocenters. The van der Waals surface area contributed by atoms with Crippen LogP contribution in [-0.4, -0.2) is 11.0 Å². The van der Waals surface area contributed by atoms with Gasteiger partial charge in [-0.05, 0) is 42.9 Å². The van der Waals surface area contributed by atoms with E-state index in [0.29, 0.717) is 0 Å². The summed E-state index contributed by atoms with van der Waals surface area (Å²) in [6, 6.07) is 4.42. The number of hydrogen-bond acceptors (Lipinski definition) is 2. The van der Waals surface area contributed by atoms with Crippen molar-refractivity contribution in [3.8, 4) is 0 Å². The Labute approximate surface area is 101 Å². The molecule has 0 radical (unpaired) electrons. The number of hydrogen-bond donors (Lipinski definition) is 0. The highest BCUT2D eigenvalue weighted by Gasteiger charge is 2.12. The minimum atomic E-state index is 0.988. The summed E-state index contributed by atoms with van der Waals surface area (Å²) in [4.78, 5) is 1.55. The summed E-state index contributed by atoms with van der Waals surface area (Å²) in [5.74, 6) is 1.36. The maximum Gasteiger partial charge on any atom is 0.00470 e. The number of aryl methyl sites for hydroxylation is 1. The Hall–Kier alpha value is 0.0500. The van der Waals surface area contributed by atoms with Crippen molar-refractivity contribution in [2.45, 2.75) is 50.2 Å². The Morgan fingerprint density at radius 3 is 2.87 bits per heavy atom. The molecule has 2 rings (SSSR count). The highest BCUT2D eigenvalue weighted by atomic mass is 32.2. The second kappa shape index (κ2) is 6.59. The molecule has 0 nitrogen and oxygen atoms in total. The van der Waals surface area contributed by atoms with Crippen LogP contribution in [-0.2, 0) is 6.42 Å². The number of thiophene rings is 1. The van der Waals surface area contributed by atoms with Gasteiger partial charge in [0.2, 0.25) is 0 Å². The Balaban J connectivity index is 1.54. The number of thioether (sulfide) groups is 1. The van der Waals surface area contributed by atoms with E-state index in [1.165, 1.54) is 50.7 Å². The van der Waals surface area contributed by atoms with E-state index >= 15 is 0 Å². The first-order valence-electron chi connectivity index (χ1n) is 6.09. The maximum absolute atomic E-state index is 2.26. The minimum Gasteiger partial charge on any atom is -0.159 e. The summed E-state index contributed by atoms with van der Waals surface area (Å²) in [5, 5.41) is 3.17. The Bertz CT molecular complexity index is 248. The lowest BCUT2D eigenvalue weighted by Gasteiger charge is -2.20. The fourth-order valence-corrected chi connectivity index (χ4v) is 4.25. The molecule has 1 aliphatic rings. The van der Waals surface area contributed by atoms with Crippen LogP contribution in [0.15, 0.2) is 17.5 Å². The predicted molar refractivity (Wildman–Crippen MR) is 72.0 cm³/mol. The van der Waals surface area contributed by atoms with E-state index in [1.54, 1.807) is 4.88 Å². The summed E-state index contributed by atoms with van der Waals surface area (Å²) >= 11 is 4.12. The van der Waals surface area contributed by atoms with Crippen LogP contribution < -0.4 is 0 Å². The molecule has 2 heteroatoms. The zero-order valence-corrected chi connectivity index (χ0v) is 10.9. The zero-order chi connectivity index (χ0) is 10.3. The summed E-state index contributed by atoms with van der Waals surface area (Å²) in [6.45, 7) is 0. The molecule has 0 spiro atoms. The summed E-state index contributed by atoms with van der Waals surface area (Å²) in [6.07, 6.45) is 10.0. The van der Waals surface area contributed by atoms with Crippen molar-refractivity contribution in [1.29, 1.82) is 0 Å². The van der Waals surface area contributed by atoms with E-state index in [1.807, 2.05) is 11.3 Å². The molecule has 0 saturated heterocycles. The van der Waals surface area contributed by atoms with Crippen molar-refractivity contribution >= 4 is 23.1 Å². The molecule has 1 aromatic heterocycles. The largest absolute Gasteiger partial charge is 0.159 e. The standard InChI is InChI=1S/C13H20S2/c1-2-6-12(7-3-1)14-10-4-8-13-9-5-11-15-13/h5,9,11-12H,1-4,6-8,10H2. The molecule has 0 aliphatic heterocycles. The average Bonchev–Trinajstić information content (AvgIpc) is 2.79. The second-order valence-corrected chi connectivity index (χ2v) is 6.75. The molecule has 0 bridgehead atoms. The Kier molecular flexibility index (Phi) is 5.07. The average molecular weight is 240 g/mol. The highest BCUT2D eigenvalue weighted by molar-refractivity contribution is 7.99. The maximum atomic E-state index is 2.26. The van der Waals surface area contributed by atoms with Gasteiger partial charge in [-0.2, -0.15) is 11.8 Å². The Morgan fingerprint density at radius 2 is 2.13 bits per heavy atom. The molecule has 0 N–H and O–H groups in total. The lowest BCUT2D eigenvalue weighted by Crippen LogP contribution is -2.08. The molecule has 1 aromatic rings. The Morgan fingerprint density at radius 1 is 1.27 bits per heavy atom. The molecule has 15 heavy (non-hydrogen) atoms. The van der Waals surface area contributed by atoms with E-state index in [-0.39, 0.29) is 0 Å². The van der Waals surface area contributed by atoms with Crippen molar-refractivity contribution in [2.75, 3.05) is 5.75 Å². The van der Waals surface area contributed by atoms with E-state index in [9.17, 15) is 0 Å². The van der Waals surface area contributed by atoms with E-state index in [2.05, 4.69) is 29.3 Å². The molecule has 1 saturated carbocycles. The molecular formula is C13H20S2. The highest BCUT2D eigenvalue weighted by Crippen LogP contribution is 2.28. The van der Waals surface area contributed by atoms with Crippen molar-refractivity contribution in [2.24, 2.45) is 0 Å². The van der Waals surface area contributed by atoms with Gasteiger partial charge in [0.1, 0.15) is 0 Å². The molecule has 1 aliphatic carbocycles. The van der Waals surface area contributed by atoms with Gasteiger partial charge >= 0.3 is 0 Å². The zero-order valence-electron chi connectivity index (χ0n) is 9.28. The lowest BCUT2D eigenvalue weighted by molar-refractivity contribution is 0.516. The molecule has 84 valence electrons. The molecule has 1 heterocycles. The molecular weight excluding hydrogens is 220 g/mol. The SMILES string of the molecule is c1csc(CCCSC2CCCCC2)c1. The van der Waals surface area contributed by atoms with Gasteiger partial charge in [0.15, 0.2) is 0 Å².